The van der Waals surface area contributed by atoms with E-state index in [1.807, 2.05) is 11.0 Å². The number of amides is 1. The van der Waals surface area contributed by atoms with Crippen LogP contribution >= 0.6 is 34.3 Å². The van der Waals surface area contributed by atoms with E-state index in [0.29, 0.717) is 11.8 Å². The van der Waals surface area contributed by atoms with Gasteiger partial charge in [-0.1, -0.05) is 0 Å². The number of nitrogens with zero attached hydrogens (tertiary/aromatic N) is 1. The molecule has 2 nitrogen and oxygen atoms in total. The zero-order chi connectivity index (χ0) is 12.5. The zero-order valence-electron chi connectivity index (χ0n) is 9.89. The first-order valence-electron chi connectivity index (χ1n) is 6.10. The van der Waals surface area contributed by atoms with Crippen LogP contribution in [0, 0.1) is 5.92 Å². The molecule has 1 aliphatic rings. The molecule has 0 saturated carbocycles. The quantitative estimate of drug-likeness (QED) is 0.783. The van der Waals surface area contributed by atoms with Crippen molar-refractivity contribution in [2.45, 2.75) is 12.8 Å². The molecule has 1 saturated heterocycles. The average molecular weight is 300 g/mol. The van der Waals surface area contributed by atoms with Crippen LogP contribution in [0.4, 0.5) is 0 Å². The number of rotatable bonds is 3. The van der Waals surface area contributed by atoms with Crippen LogP contribution in [0.25, 0.3) is 9.40 Å². The van der Waals surface area contributed by atoms with Crippen molar-refractivity contribution in [3.63, 3.8) is 0 Å². The number of halogens is 1. The molecule has 0 bridgehead atoms. The molecule has 1 atom stereocenters. The highest BCUT2D eigenvalue weighted by Crippen LogP contribution is 2.32. The lowest BCUT2D eigenvalue weighted by molar-refractivity contribution is 0.0792. The third kappa shape index (κ3) is 2.29. The van der Waals surface area contributed by atoms with Gasteiger partial charge in [-0.2, -0.15) is 0 Å². The Morgan fingerprint density at radius 3 is 3.17 bits per heavy atom. The summed E-state index contributed by atoms with van der Waals surface area (Å²) < 4.78 is 2.44. The first-order chi connectivity index (χ1) is 8.78. The number of hydrogen-bond acceptors (Lipinski definition) is 3. The molecule has 2 aromatic rings. The second-order valence-corrected chi connectivity index (χ2v) is 7.05. The summed E-state index contributed by atoms with van der Waals surface area (Å²) in [5, 5.41) is 2.07. The van der Waals surface area contributed by atoms with Crippen LogP contribution in [-0.4, -0.2) is 29.8 Å². The van der Waals surface area contributed by atoms with Crippen LogP contribution in [0.1, 0.15) is 22.5 Å². The average Bonchev–Trinajstić information content (AvgIpc) is 3.02. The maximum Gasteiger partial charge on any atom is 0.264 e. The minimum absolute atomic E-state index is 0.195. The Labute approximate surface area is 119 Å². The van der Waals surface area contributed by atoms with Gasteiger partial charge in [-0.3, -0.25) is 4.79 Å². The Morgan fingerprint density at radius 1 is 1.50 bits per heavy atom. The Balaban J connectivity index is 1.73. The first-order valence-corrected chi connectivity index (χ1v) is 8.33. The normalized spacial score (nSPS) is 19.8. The largest absolute Gasteiger partial charge is 0.338 e. The second kappa shape index (κ2) is 5.19. The fourth-order valence-electron chi connectivity index (χ4n) is 2.43. The van der Waals surface area contributed by atoms with Crippen molar-refractivity contribution >= 4 is 49.6 Å². The number of alkyl halides is 1. The summed E-state index contributed by atoms with van der Waals surface area (Å²) in [6.07, 6.45) is 2.11. The molecule has 1 fully saturated rings. The third-order valence-corrected chi connectivity index (χ3v) is 5.74. The van der Waals surface area contributed by atoms with Gasteiger partial charge in [-0.25, -0.2) is 0 Å². The van der Waals surface area contributed by atoms with Crippen molar-refractivity contribution < 1.29 is 4.79 Å². The molecular formula is C13H14ClNOS2. The summed E-state index contributed by atoms with van der Waals surface area (Å²) in [5.74, 6) is 1.48. The number of carbonyl (C=O) groups excluding carboxylic acids is 1. The summed E-state index contributed by atoms with van der Waals surface area (Å²) in [4.78, 5) is 15.2. The van der Waals surface area contributed by atoms with Gasteiger partial charge in [-0.05, 0) is 36.3 Å². The minimum Gasteiger partial charge on any atom is -0.338 e. The summed E-state index contributed by atoms with van der Waals surface area (Å²) in [6, 6.07) is 4.11. The number of likely N-dealkylation sites (tertiary alicyclic amines) is 1. The van der Waals surface area contributed by atoms with Crippen molar-refractivity contribution in [3.05, 3.63) is 22.4 Å². The van der Waals surface area contributed by atoms with Gasteiger partial charge < -0.3 is 4.90 Å². The zero-order valence-corrected chi connectivity index (χ0v) is 12.3. The fraction of sp³-hybridized carbons (Fsp3) is 0.462. The fourth-order valence-corrected chi connectivity index (χ4v) is 4.82. The molecule has 18 heavy (non-hydrogen) atoms. The molecule has 1 amide bonds. The Bertz CT molecular complexity index is 534. The van der Waals surface area contributed by atoms with Gasteiger partial charge in [0.05, 0.1) is 4.88 Å². The standard InChI is InChI=1S/C13H14ClNOS2/c14-4-1-9-2-5-15(8-9)13(16)12-7-11-10(18-12)3-6-17-11/h3,6-7,9H,1-2,4-5,8H2. The lowest BCUT2D eigenvalue weighted by atomic mass is 10.1. The van der Waals surface area contributed by atoms with E-state index in [1.165, 1.54) is 9.40 Å². The molecule has 0 N–H and O–H groups in total. The highest BCUT2D eigenvalue weighted by atomic mass is 35.5. The van der Waals surface area contributed by atoms with E-state index < -0.39 is 0 Å². The molecule has 5 heteroatoms. The SMILES string of the molecule is O=C(c1cc2sccc2s1)N1CCC(CCCl)C1. The predicted octanol–water partition coefficient (Wildman–Crippen LogP) is 4.05. The first kappa shape index (κ1) is 12.5. The van der Waals surface area contributed by atoms with Crippen molar-refractivity contribution in [1.29, 1.82) is 0 Å². The van der Waals surface area contributed by atoms with E-state index in [0.717, 1.165) is 30.8 Å². The van der Waals surface area contributed by atoms with Gasteiger partial charge in [0.15, 0.2) is 0 Å². The van der Waals surface area contributed by atoms with Crippen molar-refractivity contribution in [1.82, 2.24) is 4.90 Å². The molecule has 0 radical (unpaired) electrons. The van der Waals surface area contributed by atoms with E-state index in [-0.39, 0.29) is 5.91 Å². The predicted molar refractivity (Wildman–Crippen MR) is 79.0 cm³/mol. The smallest absolute Gasteiger partial charge is 0.264 e. The molecule has 0 spiro atoms. The minimum atomic E-state index is 0.195. The number of carbonyl (C=O) groups is 1. The number of thiophene rings is 2. The van der Waals surface area contributed by atoms with Crippen molar-refractivity contribution in [2.24, 2.45) is 5.92 Å². The highest BCUT2D eigenvalue weighted by Gasteiger charge is 2.27. The van der Waals surface area contributed by atoms with Crippen molar-refractivity contribution in [2.75, 3.05) is 19.0 Å². The summed E-state index contributed by atoms with van der Waals surface area (Å²) in [5.41, 5.74) is 0. The van der Waals surface area contributed by atoms with E-state index >= 15 is 0 Å². The number of hydrogen-bond donors (Lipinski definition) is 0. The van der Waals surface area contributed by atoms with E-state index in [1.54, 1.807) is 22.7 Å². The summed E-state index contributed by atoms with van der Waals surface area (Å²) in [7, 11) is 0. The molecular weight excluding hydrogens is 286 g/mol. The Hall–Kier alpha value is -0.580. The molecule has 0 aromatic carbocycles. The highest BCUT2D eigenvalue weighted by molar-refractivity contribution is 7.27. The van der Waals surface area contributed by atoms with E-state index in [4.69, 9.17) is 11.6 Å². The Kier molecular flexibility index (Phi) is 3.59. The molecule has 3 rings (SSSR count). The molecule has 2 aromatic heterocycles. The van der Waals surface area contributed by atoms with Gasteiger partial charge in [0.1, 0.15) is 0 Å². The molecule has 3 heterocycles. The third-order valence-electron chi connectivity index (χ3n) is 3.44. The van der Waals surface area contributed by atoms with Crippen LogP contribution < -0.4 is 0 Å². The molecule has 96 valence electrons. The topological polar surface area (TPSA) is 20.3 Å². The number of fused-ring (bicyclic) bond motifs is 1. The van der Waals surface area contributed by atoms with Gasteiger partial charge >= 0.3 is 0 Å². The summed E-state index contributed by atoms with van der Waals surface area (Å²) >= 11 is 9.07. The maximum atomic E-state index is 12.4. The summed E-state index contributed by atoms with van der Waals surface area (Å²) in [6.45, 7) is 1.75. The maximum absolute atomic E-state index is 12.4. The van der Waals surface area contributed by atoms with Gasteiger partial charge in [-0.15, -0.1) is 34.3 Å². The van der Waals surface area contributed by atoms with Crippen molar-refractivity contribution in [3.8, 4) is 0 Å². The molecule has 0 aliphatic carbocycles. The van der Waals surface area contributed by atoms with E-state index in [2.05, 4.69) is 11.4 Å². The van der Waals surface area contributed by atoms with Gasteiger partial charge in [0.2, 0.25) is 0 Å². The van der Waals surface area contributed by atoms with Crippen LogP contribution in [-0.2, 0) is 0 Å². The lowest BCUT2D eigenvalue weighted by Gasteiger charge is -2.15. The monoisotopic (exact) mass is 299 g/mol. The van der Waals surface area contributed by atoms with Crippen LogP contribution in [0.3, 0.4) is 0 Å². The Morgan fingerprint density at radius 2 is 2.39 bits per heavy atom. The van der Waals surface area contributed by atoms with Gasteiger partial charge in [0.25, 0.3) is 5.91 Å². The van der Waals surface area contributed by atoms with E-state index in [9.17, 15) is 4.79 Å². The van der Waals surface area contributed by atoms with Crippen LogP contribution in [0.15, 0.2) is 17.5 Å². The molecule has 1 aliphatic heterocycles. The van der Waals surface area contributed by atoms with Crippen LogP contribution in [0.2, 0.25) is 0 Å². The van der Waals surface area contributed by atoms with Gasteiger partial charge in [0, 0.05) is 28.4 Å². The van der Waals surface area contributed by atoms with Crippen LogP contribution in [0.5, 0.6) is 0 Å². The molecule has 1 unspecified atom stereocenters. The lowest BCUT2D eigenvalue weighted by Crippen LogP contribution is -2.28. The second-order valence-electron chi connectivity index (χ2n) is 4.64.